The quantitative estimate of drug-likeness (QED) is 0.870. The molecule has 3 heterocycles. The summed E-state index contributed by atoms with van der Waals surface area (Å²) < 4.78 is 1.92. The predicted octanol–water partition coefficient (Wildman–Crippen LogP) is 2.64. The molecule has 2 saturated carbocycles. The molecule has 2 aromatic rings. The third-order valence-corrected chi connectivity index (χ3v) is 6.68. The van der Waals surface area contributed by atoms with Gasteiger partial charge < -0.3 is 14.8 Å². The van der Waals surface area contributed by atoms with Gasteiger partial charge in [0.2, 0.25) is 5.91 Å². The predicted molar refractivity (Wildman–Crippen MR) is 105 cm³/mol. The number of nitrogens with zero attached hydrogens (tertiary/aromatic N) is 3. The Morgan fingerprint density at radius 2 is 1.89 bits per heavy atom. The molecule has 1 spiro atoms. The minimum absolute atomic E-state index is 0.0387. The number of aromatic nitrogens is 2. The fourth-order valence-electron chi connectivity index (χ4n) is 4.45. The standard InChI is InChI=1S/C22H26N4O2/c27-20(24-14-16-3-4-16)18-13-22(18)7-11-26(12-8-22)21(28)17-5-6-19(23-15-17)25-9-1-2-10-25/h1-2,5-6,9-10,15-16,18H,3-4,7-8,11-14H2,(H,24,27). The highest BCUT2D eigenvalue weighted by molar-refractivity contribution is 5.94. The molecule has 1 N–H and O–H groups in total. The lowest BCUT2D eigenvalue weighted by molar-refractivity contribution is -0.123. The second-order valence-corrected chi connectivity index (χ2v) is 8.60. The van der Waals surface area contributed by atoms with Gasteiger partial charge in [-0.2, -0.15) is 0 Å². The SMILES string of the molecule is O=C(NCC1CC1)C1CC12CCN(C(=O)c1ccc(-n3cccc3)nc1)CC2. The molecule has 1 aliphatic heterocycles. The molecule has 0 radical (unpaired) electrons. The molecule has 28 heavy (non-hydrogen) atoms. The van der Waals surface area contributed by atoms with E-state index in [9.17, 15) is 9.59 Å². The summed E-state index contributed by atoms with van der Waals surface area (Å²) in [5, 5.41) is 3.13. The van der Waals surface area contributed by atoms with Crippen LogP contribution in [0, 0.1) is 17.3 Å². The van der Waals surface area contributed by atoms with Crippen LogP contribution in [0.3, 0.4) is 0 Å². The zero-order chi connectivity index (χ0) is 19.1. The van der Waals surface area contributed by atoms with Gasteiger partial charge in [0.1, 0.15) is 5.82 Å². The number of carbonyl (C=O) groups excluding carboxylic acids is 2. The van der Waals surface area contributed by atoms with Gasteiger partial charge in [-0.1, -0.05) is 0 Å². The molecule has 2 amide bonds. The number of nitrogens with one attached hydrogen (secondary N) is 1. The van der Waals surface area contributed by atoms with Crippen LogP contribution in [0.25, 0.3) is 5.82 Å². The Bertz CT molecular complexity index is 862. The summed E-state index contributed by atoms with van der Waals surface area (Å²) in [5.41, 5.74) is 0.766. The summed E-state index contributed by atoms with van der Waals surface area (Å²) in [4.78, 5) is 31.5. The van der Waals surface area contributed by atoms with Crippen LogP contribution in [-0.2, 0) is 4.79 Å². The molecular weight excluding hydrogens is 352 g/mol. The van der Waals surface area contributed by atoms with Crippen molar-refractivity contribution in [2.45, 2.75) is 32.1 Å². The van der Waals surface area contributed by atoms with Crippen molar-refractivity contribution in [1.29, 1.82) is 0 Å². The van der Waals surface area contributed by atoms with Crippen molar-refractivity contribution in [2.75, 3.05) is 19.6 Å². The number of carbonyl (C=O) groups is 2. The van der Waals surface area contributed by atoms with Crippen molar-refractivity contribution in [3.63, 3.8) is 0 Å². The first kappa shape index (κ1) is 17.5. The van der Waals surface area contributed by atoms with Crippen LogP contribution in [0.1, 0.15) is 42.5 Å². The van der Waals surface area contributed by atoms with E-state index in [2.05, 4.69) is 10.3 Å². The average molecular weight is 378 g/mol. The second kappa shape index (κ2) is 6.76. The molecule has 2 aliphatic carbocycles. The van der Waals surface area contributed by atoms with Crippen LogP contribution in [0.4, 0.5) is 0 Å². The van der Waals surface area contributed by atoms with Crippen molar-refractivity contribution >= 4 is 11.8 Å². The highest BCUT2D eigenvalue weighted by Gasteiger charge is 2.58. The summed E-state index contributed by atoms with van der Waals surface area (Å²) in [6, 6.07) is 7.61. The van der Waals surface area contributed by atoms with Crippen molar-refractivity contribution in [3.05, 3.63) is 48.4 Å². The van der Waals surface area contributed by atoms with E-state index in [0.717, 1.165) is 50.6 Å². The molecule has 6 nitrogen and oxygen atoms in total. The Morgan fingerprint density at radius 1 is 1.14 bits per heavy atom. The number of pyridine rings is 1. The Balaban J connectivity index is 1.16. The summed E-state index contributed by atoms with van der Waals surface area (Å²) in [6.07, 6.45) is 10.9. The third-order valence-electron chi connectivity index (χ3n) is 6.68. The number of likely N-dealkylation sites (tertiary alicyclic amines) is 1. The van der Waals surface area contributed by atoms with Crippen molar-refractivity contribution in [1.82, 2.24) is 19.8 Å². The van der Waals surface area contributed by atoms with E-state index < -0.39 is 0 Å². The molecule has 146 valence electrons. The summed E-state index contributed by atoms with van der Waals surface area (Å²) in [7, 11) is 0. The molecule has 1 atom stereocenters. The first-order valence-electron chi connectivity index (χ1n) is 10.3. The number of hydrogen-bond acceptors (Lipinski definition) is 3. The molecule has 5 rings (SSSR count). The van der Waals surface area contributed by atoms with Crippen LogP contribution < -0.4 is 5.32 Å². The maximum absolute atomic E-state index is 12.8. The van der Waals surface area contributed by atoms with Crippen molar-refractivity contribution in [2.24, 2.45) is 17.3 Å². The lowest BCUT2D eigenvalue weighted by atomic mass is 9.90. The van der Waals surface area contributed by atoms with Crippen LogP contribution in [0.5, 0.6) is 0 Å². The van der Waals surface area contributed by atoms with Gasteiger partial charge in [0.05, 0.1) is 5.56 Å². The fourth-order valence-corrected chi connectivity index (χ4v) is 4.45. The summed E-state index contributed by atoms with van der Waals surface area (Å²) in [5.74, 6) is 1.95. The maximum Gasteiger partial charge on any atom is 0.255 e. The lowest BCUT2D eigenvalue weighted by Crippen LogP contribution is -2.40. The molecule has 0 bridgehead atoms. The van der Waals surface area contributed by atoms with Crippen molar-refractivity contribution < 1.29 is 9.59 Å². The molecule has 0 aromatic carbocycles. The molecule has 2 aromatic heterocycles. The first-order chi connectivity index (χ1) is 13.6. The number of rotatable bonds is 5. The molecule has 1 saturated heterocycles. The second-order valence-electron chi connectivity index (χ2n) is 8.60. The number of hydrogen-bond donors (Lipinski definition) is 1. The van der Waals surface area contributed by atoms with E-state index in [1.165, 1.54) is 12.8 Å². The van der Waals surface area contributed by atoms with Gasteiger partial charge in [0.25, 0.3) is 5.91 Å². The monoisotopic (exact) mass is 378 g/mol. The molecule has 3 fully saturated rings. The molecule has 3 aliphatic rings. The van der Waals surface area contributed by atoms with Gasteiger partial charge in [-0.05, 0) is 67.7 Å². The smallest absolute Gasteiger partial charge is 0.255 e. The van der Waals surface area contributed by atoms with Crippen molar-refractivity contribution in [3.8, 4) is 5.82 Å². The van der Waals surface area contributed by atoms with Crippen LogP contribution >= 0.6 is 0 Å². The highest BCUT2D eigenvalue weighted by Crippen LogP contribution is 2.59. The van der Waals surface area contributed by atoms with E-state index in [-0.39, 0.29) is 23.1 Å². The third kappa shape index (κ3) is 3.32. The van der Waals surface area contributed by atoms with Gasteiger partial charge in [0.15, 0.2) is 0 Å². The Labute approximate surface area is 164 Å². The zero-order valence-electron chi connectivity index (χ0n) is 16.0. The normalized spacial score (nSPS) is 22.9. The molecular formula is C22H26N4O2. The minimum Gasteiger partial charge on any atom is -0.356 e. The van der Waals surface area contributed by atoms with Crippen LogP contribution in [-0.4, -0.2) is 45.9 Å². The average Bonchev–Trinajstić information content (AvgIpc) is 3.63. The Hall–Kier alpha value is -2.63. The van der Waals surface area contributed by atoms with E-state index in [4.69, 9.17) is 0 Å². The van der Waals surface area contributed by atoms with Gasteiger partial charge >= 0.3 is 0 Å². The topological polar surface area (TPSA) is 67.2 Å². The minimum atomic E-state index is 0.0387. The summed E-state index contributed by atoms with van der Waals surface area (Å²) in [6.45, 7) is 2.30. The van der Waals surface area contributed by atoms with E-state index in [1.807, 2.05) is 46.1 Å². The van der Waals surface area contributed by atoms with Gasteiger partial charge in [-0.15, -0.1) is 0 Å². The Kier molecular flexibility index (Phi) is 4.22. The molecule has 1 unspecified atom stereocenters. The van der Waals surface area contributed by atoms with Crippen LogP contribution in [0.2, 0.25) is 0 Å². The first-order valence-corrected chi connectivity index (χ1v) is 10.3. The van der Waals surface area contributed by atoms with Crippen LogP contribution in [0.15, 0.2) is 42.9 Å². The lowest BCUT2D eigenvalue weighted by Gasteiger charge is -2.33. The van der Waals surface area contributed by atoms with Gasteiger partial charge in [-0.3, -0.25) is 9.59 Å². The highest BCUT2D eigenvalue weighted by atomic mass is 16.2. The fraction of sp³-hybridized carbons (Fsp3) is 0.500. The van der Waals surface area contributed by atoms with Gasteiger partial charge in [-0.25, -0.2) is 4.98 Å². The summed E-state index contributed by atoms with van der Waals surface area (Å²) >= 11 is 0. The maximum atomic E-state index is 12.8. The number of piperidine rings is 1. The largest absolute Gasteiger partial charge is 0.356 e. The van der Waals surface area contributed by atoms with Gasteiger partial charge in [0, 0.05) is 44.1 Å². The molecule has 6 heteroatoms. The van der Waals surface area contributed by atoms with E-state index in [1.54, 1.807) is 6.20 Å². The van der Waals surface area contributed by atoms with E-state index in [0.29, 0.717) is 5.56 Å². The zero-order valence-corrected chi connectivity index (χ0v) is 16.0. The van der Waals surface area contributed by atoms with E-state index >= 15 is 0 Å². The number of amides is 2. The Morgan fingerprint density at radius 3 is 2.54 bits per heavy atom.